The molecule has 0 rings (SSSR count). The highest BCUT2D eigenvalue weighted by atomic mass is 31.2. The van der Waals surface area contributed by atoms with E-state index in [-0.39, 0.29) is 32.0 Å². The SMILES string of the molecule is CCCCCCC/C=C\CCCCCCCC(=O)OC(COC(=O)CCCCCC)COP(=O)(O)OCC[N+](C)(C)C. The van der Waals surface area contributed by atoms with Gasteiger partial charge in [-0.15, -0.1) is 0 Å². The normalized spacial score (nSPS) is 14.1. The van der Waals surface area contributed by atoms with Gasteiger partial charge in [0.15, 0.2) is 6.10 Å². The number of rotatable bonds is 29. The summed E-state index contributed by atoms with van der Waals surface area (Å²) in [6, 6.07) is 0. The second kappa shape index (κ2) is 26.2. The van der Waals surface area contributed by atoms with E-state index in [2.05, 4.69) is 26.0 Å². The van der Waals surface area contributed by atoms with Crippen molar-refractivity contribution in [2.45, 2.75) is 136 Å². The second-order valence-corrected chi connectivity index (χ2v) is 13.7. The van der Waals surface area contributed by atoms with Crippen molar-refractivity contribution in [1.82, 2.24) is 0 Å². The molecule has 2 unspecified atom stereocenters. The molecule has 0 saturated carbocycles. The lowest BCUT2D eigenvalue weighted by Gasteiger charge is -2.24. The Morgan fingerprint density at radius 3 is 1.79 bits per heavy atom. The molecule has 0 amide bonds. The Hall–Kier alpha value is -1.25. The number of phosphoric ester groups is 1. The highest BCUT2D eigenvalue weighted by molar-refractivity contribution is 7.47. The molecule has 42 heavy (non-hydrogen) atoms. The molecule has 248 valence electrons. The molecule has 0 aliphatic carbocycles. The molecule has 0 heterocycles. The van der Waals surface area contributed by atoms with Gasteiger partial charge in [0.05, 0.1) is 27.7 Å². The number of unbranched alkanes of at least 4 members (excludes halogenated alkanes) is 13. The maximum absolute atomic E-state index is 12.5. The second-order valence-electron chi connectivity index (χ2n) is 12.2. The van der Waals surface area contributed by atoms with Gasteiger partial charge in [-0.1, -0.05) is 90.2 Å². The quantitative estimate of drug-likeness (QED) is 0.0296. The van der Waals surface area contributed by atoms with Crippen LogP contribution in [-0.4, -0.2) is 74.9 Å². The van der Waals surface area contributed by atoms with E-state index in [4.69, 9.17) is 18.5 Å². The van der Waals surface area contributed by atoms with E-state index in [1.54, 1.807) is 0 Å². The molecule has 1 N–H and O–H groups in total. The van der Waals surface area contributed by atoms with Crippen LogP contribution in [-0.2, 0) is 32.7 Å². The Balaban J connectivity index is 4.40. The average molecular weight is 621 g/mol. The Kier molecular flexibility index (Phi) is 25.4. The first kappa shape index (κ1) is 40.8. The zero-order chi connectivity index (χ0) is 31.5. The molecule has 0 radical (unpaired) electrons. The maximum atomic E-state index is 12.5. The molecule has 0 bridgehead atoms. The van der Waals surface area contributed by atoms with Gasteiger partial charge >= 0.3 is 19.8 Å². The number of carbonyl (C=O) groups is 2. The van der Waals surface area contributed by atoms with Crippen LogP contribution in [0, 0.1) is 0 Å². The van der Waals surface area contributed by atoms with Gasteiger partial charge in [0.25, 0.3) is 0 Å². The predicted octanol–water partition coefficient (Wildman–Crippen LogP) is 7.90. The van der Waals surface area contributed by atoms with Crippen LogP contribution in [0.4, 0.5) is 0 Å². The van der Waals surface area contributed by atoms with Crippen LogP contribution in [0.2, 0.25) is 0 Å². The highest BCUT2D eigenvalue weighted by Crippen LogP contribution is 2.43. The van der Waals surface area contributed by atoms with Crippen molar-refractivity contribution < 1.29 is 42.1 Å². The van der Waals surface area contributed by atoms with Crippen LogP contribution in [0.3, 0.4) is 0 Å². The Bertz CT molecular complexity index is 753. The van der Waals surface area contributed by atoms with Crippen LogP contribution in [0.25, 0.3) is 0 Å². The van der Waals surface area contributed by atoms with Gasteiger partial charge in [-0.25, -0.2) is 4.57 Å². The van der Waals surface area contributed by atoms with E-state index in [1.807, 2.05) is 21.1 Å². The molecule has 0 aliphatic heterocycles. The lowest BCUT2D eigenvalue weighted by Crippen LogP contribution is -2.37. The Morgan fingerprint density at radius 1 is 0.714 bits per heavy atom. The monoisotopic (exact) mass is 620 g/mol. The molecule has 0 spiro atoms. The van der Waals surface area contributed by atoms with Crippen molar-refractivity contribution >= 4 is 19.8 Å². The van der Waals surface area contributed by atoms with E-state index in [1.165, 1.54) is 38.5 Å². The third kappa shape index (κ3) is 28.9. The number of likely N-dealkylation sites (N-methyl/N-ethyl adjacent to an activating group) is 1. The van der Waals surface area contributed by atoms with E-state index in [0.29, 0.717) is 17.4 Å². The van der Waals surface area contributed by atoms with E-state index in [9.17, 15) is 19.0 Å². The summed E-state index contributed by atoms with van der Waals surface area (Å²) >= 11 is 0. The third-order valence-electron chi connectivity index (χ3n) is 6.80. The first-order chi connectivity index (χ1) is 20.0. The van der Waals surface area contributed by atoms with Crippen molar-refractivity contribution in [2.24, 2.45) is 0 Å². The first-order valence-corrected chi connectivity index (χ1v) is 17.9. The standard InChI is InChI=1S/C32H62NO8P/c1-6-8-10-12-13-14-15-16-17-18-19-20-21-23-25-32(35)41-30(28-38-31(34)24-22-11-9-7-2)29-40-42(36,37)39-27-26-33(3,4)5/h15-16,30H,6-14,17-29H2,1-5H3/p+1/b16-15-. The van der Waals surface area contributed by atoms with E-state index < -0.39 is 26.5 Å². The number of hydrogen-bond donors (Lipinski definition) is 1. The number of hydrogen-bond acceptors (Lipinski definition) is 7. The van der Waals surface area contributed by atoms with Crippen molar-refractivity contribution in [2.75, 3.05) is 47.5 Å². The number of ether oxygens (including phenoxy) is 2. The summed E-state index contributed by atoms with van der Waals surface area (Å²) in [7, 11) is 1.47. The maximum Gasteiger partial charge on any atom is 0.472 e. The van der Waals surface area contributed by atoms with Crippen molar-refractivity contribution in [3.05, 3.63) is 12.2 Å². The molecule has 0 aromatic rings. The minimum absolute atomic E-state index is 0.0316. The number of esters is 2. The van der Waals surface area contributed by atoms with Crippen molar-refractivity contribution in [3.8, 4) is 0 Å². The number of phosphoric acid groups is 1. The summed E-state index contributed by atoms with van der Waals surface area (Å²) in [5.74, 6) is -0.830. The minimum atomic E-state index is -4.35. The molecule has 0 aromatic heterocycles. The van der Waals surface area contributed by atoms with Crippen molar-refractivity contribution in [3.63, 3.8) is 0 Å². The van der Waals surface area contributed by atoms with Crippen LogP contribution >= 0.6 is 7.82 Å². The van der Waals surface area contributed by atoms with E-state index in [0.717, 1.165) is 57.8 Å². The lowest BCUT2D eigenvalue weighted by atomic mass is 10.1. The fraction of sp³-hybridized carbons (Fsp3) is 0.875. The smallest absolute Gasteiger partial charge is 0.462 e. The van der Waals surface area contributed by atoms with Crippen LogP contribution < -0.4 is 0 Å². The fourth-order valence-electron chi connectivity index (χ4n) is 4.12. The predicted molar refractivity (Wildman–Crippen MR) is 169 cm³/mol. The number of allylic oxidation sites excluding steroid dienone is 2. The van der Waals surface area contributed by atoms with Gasteiger partial charge in [0.2, 0.25) is 0 Å². The van der Waals surface area contributed by atoms with Gasteiger partial charge in [-0.3, -0.25) is 18.6 Å². The largest absolute Gasteiger partial charge is 0.472 e. The van der Waals surface area contributed by atoms with Gasteiger partial charge < -0.3 is 18.9 Å². The zero-order valence-corrected chi connectivity index (χ0v) is 28.4. The lowest BCUT2D eigenvalue weighted by molar-refractivity contribution is -0.870. The van der Waals surface area contributed by atoms with Gasteiger partial charge in [-0.2, -0.15) is 0 Å². The number of carbonyl (C=O) groups excluding carboxylic acids is 2. The molecule has 9 nitrogen and oxygen atoms in total. The van der Waals surface area contributed by atoms with Gasteiger partial charge in [0.1, 0.15) is 19.8 Å². The summed E-state index contributed by atoms with van der Waals surface area (Å²) in [4.78, 5) is 34.6. The number of nitrogens with zero attached hydrogens (tertiary/aromatic N) is 1. The van der Waals surface area contributed by atoms with Crippen LogP contribution in [0.15, 0.2) is 12.2 Å². The van der Waals surface area contributed by atoms with Crippen LogP contribution in [0.5, 0.6) is 0 Å². The summed E-state index contributed by atoms with van der Waals surface area (Å²) < 4.78 is 33.7. The minimum Gasteiger partial charge on any atom is -0.462 e. The van der Waals surface area contributed by atoms with Gasteiger partial charge in [-0.05, 0) is 38.5 Å². The molecule has 0 fully saturated rings. The highest BCUT2D eigenvalue weighted by Gasteiger charge is 2.27. The third-order valence-corrected chi connectivity index (χ3v) is 7.78. The zero-order valence-electron chi connectivity index (χ0n) is 27.5. The molecule has 2 atom stereocenters. The molecule has 0 saturated heterocycles. The Morgan fingerprint density at radius 2 is 1.21 bits per heavy atom. The van der Waals surface area contributed by atoms with Gasteiger partial charge in [0, 0.05) is 12.8 Å². The summed E-state index contributed by atoms with van der Waals surface area (Å²) in [5, 5.41) is 0. The molecular formula is C32H63NO8P+. The van der Waals surface area contributed by atoms with E-state index >= 15 is 0 Å². The van der Waals surface area contributed by atoms with Crippen molar-refractivity contribution in [1.29, 1.82) is 0 Å². The first-order valence-electron chi connectivity index (χ1n) is 16.4. The molecular weight excluding hydrogens is 557 g/mol. The summed E-state index contributed by atoms with van der Waals surface area (Å²) in [6.07, 6.45) is 21.7. The average Bonchev–Trinajstić information content (AvgIpc) is 2.92. The topological polar surface area (TPSA) is 108 Å². The van der Waals surface area contributed by atoms with Crippen LogP contribution in [0.1, 0.15) is 129 Å². The number of quaternary nitrogens is 1. The summed E-state index contributed by atoms with van der Waals surface area (Å²) in [6.45, 7) is 4.24. The summed E-state index contributed by atoms with van der Waals surface area (Å²) in [5.41, 5.74) is 0. The molecule has 0 aromatic carbocycles. The fourth-order valence-corrected chi connectivity index (χ4v) is 4.86. The molecule has 10 heteroatoms. The molecule has 0 aliphatic rings. The Labute approximate surface area is 256 Å².